The zero-order chi connectivity index (χ0) is 39.2. The molecule has 2 aliphatic heterocycles. The third-order valence-corrected chi connectivity index (χ3v) is 9.67. The van der Waals surface area contributed by atoms with Gasteiger partial charge in [-0.05, 0) is 29.3 Å². The number of anilines is 2. The maximum atomic E-state index is 6.18. The number of nitrogens with two attached hydrogens (primary N) is 2. The molecule has 1 aromatic carbocycles. The van der Waals surface area contributed by atoms with E-state index in [4.69, 9.17) is 77.3 Å². The van der Waals surface area contributed by atoms with Crippen molar-refractivity contribution in [1.82, 2.24) is 39.0 Å². The molecule has 0 unspecified atom stereocenters. The Kier molecular flexibility index (Phi) is 13.5. The van der Waals surface area contributed by atoms with Crippen LogP contribution in [-0.4, -0.2) is 138 Å². The van der Waals surface area contributed by atoms with E-state index in [1.807, 2.05) is 24.3 Å². The Hall–Kier alpha value is -4.02. The highest BCUT2D eigenvalue weighted by Crippen LogP contribution is 2.37. The zero-order valence-electron chi connectivity index (χ0n) is 31.1. The molecule has 0 spiro atoms. The van der Waals surface area contributed by atoms with Gasteiger partial charge in [0.25, 0.3) is 0 Å². The number of hydrogen-bond acceptors (Lipinski definition) is 17. The van der Waals surface area contributed by atoms with Gasteiger partial charge in [-0.15, -0.1) is 0 Å². The molecule has 5 aromatic rings. The van der Waals surface area contributed by atoms with Gasteiger partial charge >= 0.3 is 6.01 Å². The standard InChI is InChI=1S/C21H26ClN5O5.C13H18ClN5O4/c1-28-10-14-16(29-2)17(30-3)20(32-14)27-11-24-15-18(23)25-21(26-19(15)27)31-9-8-12-4-6-13(22)7-5-12;1-20-4-6-8(21-2)9(22-3)12(23-6)19-5-16-7-10(15)17-13(14)18-11(7)19/h4-7,11,14,16-17,20H,8-10H2,1-3H3,(H2,23,25,26);5-6,8-9,12H,4H2,1-3H3,(H2,15,17,18)/t14-,16-,17-,20-;6-,8-,9-,12-/m11/s1. The second-order valence-corrected chi connectivity index (χ2v) is 13.3. The van der Waals surface area contributed by atoms with Crippen molar-refractivity contribution in [3.05, 3.63) is 52.8 Å². The van der Waals surface area contributed by atoms with Crippen LogP contribution in [0.15, 0.2) is 36.9 Å². The molecule has 2 aliphatic rings. The number of methoxy groups -OCH3 is 6. The predicted molar refractivity (Wildman–Crippen MR) is 200 cm³/mol. The van der Waals surface area contributed by atoms with Crippen LogP contribution in [0.3, 0.4) is 0 Å². The lowest BCUT2D eigenvalue weighted by Gasteiger charge is -2.22. The van der Waals surface area contributed by atoms with Crippen molar-refractivity contribution in [2.45, 2.75) is 55.5 Å². The number of rotatable bonds is 14. The van der Waals surface area contributed by atoms with Gasteiger partial charge in [0.1, 0.15) is 42.1 Å². The third-order valence-electron chi connectivity index (χ3n) is 9.25. The molecule has 21 heteroatoms. The van der Waals surface area contributed by atoms with Crippen molar-refractivity contribution < 1.29 is 42.6 Å². The minimum absolute atomic E-state index is 0.0421. The van der Waals surface area contributed by atoms with Crippen LogP contribution in [0.4, 0.5) is 11.6 Å². The van der Waals surface area contributed by atoms with Crippen LogP contribution in [0.2, 0.25) is 10.3 Å². The van der Waals surface area contributed by atoms with Crippen LogP contribution in [0.5, 0.6) is 6.01 Å². The maximum Gasteiger partial charge on any atom is 0.320 e. The second-order valence-electron chi connectivity index (χ2n) is 12.5. The molecule has 4 aromatic heterocycles. The normalized spacial score (nSPS) is 25.1. The lowest BCUT2D eigenvalue weighted by molar-refractivity contribution is -0.0637. The molecule has 55 heavy (non-hydrogen) atoms. The highest BCUT2D eigenvalue weighted by Gasteiger charge is 2.48. The highest BCUT2D eigenvalue weighted by molar-refractivity contribution is 6.30. The van der Waals surface area contributed by atoms with Crippen LogP contribution in [0.1, 0.15) is 18.0 Å². The number of nitrogen functional groups attached to an aromatic ring is 2. The summed E-state index contributed by atoms with van der Waals surface area (Å²) in [6.07, 6.45) is 0.828. The molecule has 0 amide bonds. The van der Waals surface area contributed by atoms with E-state index in [1.165, 1.54) is 0 Å². The number of halogens is 2. The van der Waals surface area contributed by atoms with Gasteiger partial charge in [0.05, 0.1) is 32.5 Å². The van der Waals surface area contributed by atoms with Crippen molar-refractivity contribution in [1.29, 1.82) is 0 Å². The van der Waals surface area contributed by atoms with Crippen LogP contribution in [0, 0.1) is 0 Å². The summed E-state index contributed by atoms with van der Waals surface area (Å²) in [6.45, 7) is 1.11. The van der Waals surface area contributed by atoms with E-state index in [0.717, 1.165) is 5.56 Å². The smallest absolute Gasteiger partial charge is 0.320 e. The van der Waals surface area contributed by atoms with Gasteiger partial charge in [-0.1, -0.05) is 23.7 Å². The monoisotopic (exact) mass is 806 g/mol. The topological polar surface area (TPSA) is 222 Å². The first-order chi connectivity index (χ1) is 26.6. The first-order valence-electron chi connectivity index (χ1n) is 17.1. The molecule has 8 atom stereocenters. The summed E-state index contributed by atoms with van der Waals surface area (Å²) in [7, 11) is 9.64. The highest BCUT2D eigenvalue weighted by atomic mass is 35.5. The van der Waals surface area contributed by atoms with Gasteiger partial charge in [-0.25, -0.2) is 9.97 Å². The van der Waals surface area contributed by atoms with Crippen molar-refractivity contribution >= 4 is 57.2 Å². The summed E-state index contributed by atoms with van der Waals surface area (Å²) in [6, 6.07) is 7.74. The quantitative estimate of drug-likeness (QED) is 0.154. The Morgan fingerprint density at radius 2 is 1.15 bits per heavy atom. The van der Waals surface area contributed by atoms with Crippen molar-refractivity contribution in [2.75, 3.05) is 73.9 Å². The Morgan fingerprint density at radius 3 is 1.64 bits per heavy atom. The van der Waals surface area contributed by atoms with Gasteiger partial charge in [-0.2, -0.15) is 19.9 Å². The van der Waals surface area contributed by atoms with E-state index in [1.54, 1.807) is 64.4 Å². The molecule has 2 fully saturated rings. The summed E-state index contributed by atoms with van der Waals surface area (Å²) in [5.41, 5.74) is 14.9. The fourth-order valence-electron chi connectivity index (χ4n) is 6.71. The van der Waals surface area contributed by atoms with Crippen LogP contribution in [0.25, 0.3) is 22.3 Å². The molecular weight excluding hydrogens is 763 g/mol. The molecule has 7 rings (SSSR count). The molecule has 0 radical (unpaired) electrons. The Morgan fingerprint density at radius 1 is 0.655 bits per heavy atom. The third kappa shape index (κ3) is 8.55. The number of benzene rings is 1. The first-order valence-corrected chi connectivity index (χ1v) is 17.8. The van der Waals surface area contributed by atoms with Gasteiger partial charge in [0.2, 0.25) is 5.28 Å². The van der Waals surface area contributed by atoms with E-state index >= 15 is 0 Å². The van der Waals surface area contributed by atoms with Crippen LogP contribution in [-0.2, 0) is 44.3 Å². The molecule has 6 heterocycles. The van der Waals surface area contributed by atoms with E-state index in [9.17, 15) is 0 Å². The number of ether oxygens (including phenoxy) is 9. The Labute approximate surface area is 326 Å². The molecule has 0 saturated carbocycles. The van der Waals surface area contributed by atoms with Crippen molar-refractivity contribution in [3.8, 4) is 6.01 Å². The number of aromatic nitrogens is 8. The summed E-state index contributed by atoms with van der Waals surface area (Å²) in [4.78, 5) is 25.5. The van der Waals surface area contributed by atoms with E-state index in [2.05, 4.69) is 29.9 Å². The van der Waals surface area contributed by atoms with Gasteiger partial charge in [0.15, 0.2) is 40.9 Å². The fourth-order valence-corrected chi connectivity index (χ4v) is 7.01. The zero-order valence-corrected chi connectivity index (χ0v) is 32.6. The second kappa shape index (κ2) is 18.3. The SMILES string of the molecule is COC[C@H]1O[C@@H](n2cnc3c(N)nc(Cl)nc32)[C@H](OC)[C@@H]1OC.COC[C@H]1O[C@@H](n2cnc3c(N)nc(OCCc4ccc(Cl)cc4)nc32)[C@H](OC)[C@@H]1OC. The predicted octanol–water partition coefficient (Wildman–Crippen LogP) is 2.89. The molecule has 4 N–H and O–H groups in total. The Balaban J connectivity index is 0.000000197. The largest absolute Gasteiger partial charge is 0.463 e. The van der Waals surface area contributed by atoms with Gasteiger partial charge in [-0.3, -0.25) is 9.13 Å². The number of imidazole rings is 2. The minimum atomic E-state index is -0.536. The molecule has 2 saturated heterocycles. The van der Waals surface area contributed by atoms with E-state index < -0.39 is 18.6 Å². The van der Waals surface area contributed by atoms with Crippen molar-refractivity contribution in [2.24, 2.45) is 0 Å². The lowest BCUT2D eigenvalue weighted by atomic mass is 10.1. The van der Waals surface area contributed by atoms with Crippen molar-refractivity contribution in [3.63, 3.8) is 0 Å². The molecule has 0 bridgehead atoms. The molecular formula is C34H44Cl2N10O9. The number of hydrogen-bond donors (Lipinski definition) is 2. The summed E-state index contributed by atoms with van der Waals surface area (Å²) in [5.74, 6) is 0.432. The average Bonchev–Trinajstić information content (AvgIpc) is 3.95. The lowest BCUT2D eigenvalue weighted by Crippen LogP contribution is -2.36. The van der Waals surface area contributed by atoms with E-state index in [0.29, 0.717) is 53.6 Å². The summed E-state index contributed by atoms with van der Waals surface area (Å²) < 4.78 is 54.3. The number of fused-ring (bicyclic) bond motifs is 2. The maximum absolute atomic E-state index is 6.18. The molecule has 0 aliphatic carbocycles. The molecule has 19 nitrogen and oxygen atoms in total. The van der Waals surface area contributed by atoms with Crippen LogP contribution < -0.4 is 16.2 Å². The number of nitrogens with zero attached hydrogens (tertiary/aromatic N) is 8. The summed E-state index contributed by atoms with van der Waals surface area (Å²) in [5, 5.41) is 0.733. The first kappa shape index (κ1) is 40.6. The van der Waals surface area contributed by atoms with Crippen LogP contribution >= 0.6 is 23.2 Å². The Bertz CT molecular complexity index is 2020. The fraction of sp³-hybridized carbons (Fsp3) is 0.529. The minimum Gasteiger partial charge on any atom is -0.463 e. The summed E-state index contributed by atoms with van der Waals surface area (Å²) >= 11 is 11.8. The average molecular weight is 808 g/mol. The van der Waals surface area contributed by atoms with E-state index in [-0.39, 0.29) is 53.4 Å². The molecule has 298 valence electrons. The van der Waals surface area contributed by atoms with Gasteiger partial charge < -0.3 is 54.1 Å². The van der Waals surface area contributed by atoms with Gasteiger partial charge in [0, 0.05) is 54.1 Å².